The van der Waals surface area contributed by atoms with E-state index in [4.69, 9.17) is 32.9 Å². The van der Waals surface area contributed by atoms with Crippen LogP contribution < -0.4 is 5.32 Å². The number of anilines is 1. The van der Waals surface area contributed by atoms with E-state index in [1.807, 2.05) is 73.9 Å². The van der Waals surface area contributed by atoms with Gasteiger partial charge in [-0.3, -0.25) is 4.57 Å². The van der Waals surface area contributed by atoms with Crippen molar-refractivity contribution in [3.8, 4) is 17.1 Å². The van der Waals surface area contributed by atoms with E-state index in [2.05, 4.69) is 15.3 Å². The van der Waals surface area contributed by atoms with E-state index in [1.165, 1.54) is 0 Å². The van der Waals surface area contributed by atoms with Crippen molar-refractivity contribution in [2.45, 2.75) is 39.2 Å². The predicted molar refractivity (Wildman–Crippen MR) is 151 cm³/mol. The average molecular weight is 553 g/mol. The summed E-state index contributed by atoms with van der Waals surface area (Å²) in [5, 5.41) is 4.73. The molecule has 1 aliphatic rings. The number of likely N-dealkylation sites (tertiary alicyclic amines) is 1. The van der Waals surface area contributed by atoms with Gasteiger partial charge in [-0.05, 0) is 75.9 Å². The number of piperidine rings is 1. The molecule has 0 atom stereocenters. The van der Waals surface area contributed by atoms with Gasteiger partial charge >= 0.3 is 6.09 Å². The second-order valence-electron chi connectivity index (χ2n) is 10.4. The van der Waals surface area contributed by atoms with Crippen LogP contribution in [0.1, 0.15) is 33.6 Å². The molecule has 198 valence electrons. The third-order valence-electron chi connectivity index (χ3n) is 6.47. The van der Waals surface area contributed by atoms with Crippen LogP contribution in [0.25, 0.3) is 28.2 Å². The van der Waals surface area contributed by atoms with Crippen LogP contribution in [0.3, 0.4) is 0 Å². The van der Waals surface area contributed by atoms with Gasteiger partial charge in [0.2, 0.25) is 0 Å². The number of benzene rings is 2. The highest BCUT2D eigenvalue weighted by Gasteiger charge is 2.27. The van der Waals surface area contributed by atoms with Gasteiger partial charge < -0.3 is 15.0 Å². The summed E-state index contributed by atoms with van der Waals surface area (Å²) in [6, 6.07) is 15.1. The molecule has 2 aromatic carbocycles. The van der Waals surface area contributed by atoms with Crippen LogP contribution in [0.5, 0.6) is 0 Å². The highest BCUT2D eigenvalue weighted by atomic mass is 35.5. The summed E-state index contributed by atoms with van der Waals surface area (Å²) in [5.74, 6) is 1.72. The normalized spacial score (nSPS) is 14.6. The molecule has 8 nitrogen and oxygen atoms in total. The third-order valence-corrected chi connectivity index (χ3v) is 7.05. The van der Waals surface area contributed by atoms with Gasteiger partial charge in [0.1, 0.15) is 17.8 Å². The Labute approximate surface area is 232 Å². The number of aromatic nitrogens is 4. The number of carbonyl (C=O) groups excluding carboxylic acids is 1. The zero-order valence-electron chi connectivity index (χ0n) is 21.6. The molecule has 0 unspecified atom stereocenters. The second-order valence-corrected chi connectivity index (χ2v) is 11.3. The molecule has 0 aliphatic carbocycles. The summed E-state index contributed by atoms with van der Waals surface area (Å²) in [6.07, 6.45) is 3.05. The lowest BCUT2D eigenvalue weighted by molar-refractivity contribution is 0.0188. The van der Waals surface area contributed by atoms with E-state index in [1.54, 1.807) is 11.2 Å². The molecule has 1 fully saturated rings. The monoisotopic (exact) mass is 552 g/mol. The van der Waals surface area contributed by atoms with Crippen LogP contribution in [-0.4, -0.2) is 55.7 Å². The lowest BCUT2D eigenvalue weighted by Crippen LogP contribution is -2.42. The molecule has 38 heavy (non-hydrogen) atoms. The van der Waals surface area contributed by atoms with Crippen LogP contribution in [0.15, 0.2) is 54.9 Å². The van der Waals surface area contributed by atoms with Crippen molar-refractivity contribution in [3.05, 3.63) is 64.9 Å². The van der Waals surface area contributed by atoms with E-state index >= 15 is 0 Å². The molecule has 0 bridgehead atoms. The number of halogens is 2. The average Bonchev–Trinajstić information content (AvgIpc) is 3.27. The van der Waals surface area contributed by atoms with Crippen molar-refractivity contribution < 1.29 is 9.53 Å². The van der Waals surface area contributed by atoms with Crippen LogP contribution in [-0.2, 0) is 4.74 Å². The molecule has 1 saturated heterocycles. The molecule has 4 aromatic rings. The SMILES string of the molecule is CC(C)(C)OC(=O)N1CCC(CNc2ncnc3c2nc(-c2ccccc2Cl)n3-c2ccc(Cl)cc2)CC1. The number of hydrogen-bond donors (Lipinski definition) is 1. The predicted octanol–water partition coefficient (Wildman–Crippen LogP) is 6.85. The number of imidazole rings is 1. The Hall–Kier alpha value is -3.36. The third kappa shape index (κ3) is 5.71. The first kappa shape index (κ1) is 26.3. The Morgan fingerprint density at radius 1 is 1.05 bits per heavy atom. The van der Waals surface area contributed by atoms with E-state index < -0.39 is 5.60 Å². The molecular formula is C28H30Cl2N6O2. The first-order valence-corrected chi connectivity index (χ1v) is 13.4. The Kier molecular flexibility index (Phi) is 7.45. The van der Waals surface area contributed by atoms with E-state index in [0.29, 0.717) is 58.4 Å². The van der Waals surface area contributed by atoms with E-state index in [0.717, 1.165) is 24.1 Å². The maximum absolute atomic E-state index is 12.4. The number of ether oxygens (including phenoxy) is 1. The van der Waals surface area contributed by atoms with Crippen LogP contribution >= 0.6 is 23.2 Å². The second kappa shape index (κ2) is 10.8. The van der Waals surface area contributed by atoms with Crippen molar-refractivity contribution >= 4 is 46.3 Å². The maximum atomic E-state index is 12.4. The number of rotatable bonds is 5. The molecule has 5 rings (SSSR count). The zero-order valence-corrected chi connectivity index (χ0v) is 23.1. The highest BCUT2D eigenvalue weighted by molar-refractivity contribution is 6.33. The molecular weight excluding hydrogens is 523 g/mol. The summed E-state index contributed by atoms with van der Waals surface area (Å²) < 4.78 is 7.49. The minimum absolute atomic E-state index is 0.249. The van der Waals surface area contributed by atoms with Crippen molar-refractivity contribution in [2.75, 3.05) is 25.0 Å². The quantitative estimate of drug-likeness (QED) is 0.291. The number of amides is 1. The molecule has 2 aromatic heterocycles. The summed E-state index contributed by atoms with van der Waals surface area (Å²) in [6.45, 7) is 7.70. The summed E-state index contributed by atoms with van der Waals surface area (Å²) in [4.78, 5) is 28.3. The molecule has 10 heteroatoms. The molecule has 1 aliphatic heterocycles. The van der Waals surface area contributed by atoms with Gasteiger partial charge in [0.15, 0.2) is 17.0 Å². The number of fused-ring (bicyclic) bond motifs is 1. The van der Waals surface area contributed by atoms with Gasteiger partial charge in [-0.2, -0.15) is 0 Å². The molecule has 1 amide bonds. The fourth-order valence-electron chi connectivity index (χ4n) is 4.57. The fraction of sp³-hybridized carbons (Fsp3) is 0.357. The Morgan fingerprint density at radius 2 is 1.76 bits per heavy atom. The van der Waals surface area contributed by atoms with Crippen molar-refractivity contribution in [1.82, 2.24) is 24.4 Å². The largest absolute Gasteiger partial charge is 0.444 e. The lowest BCUT2D eigenvalue weighted by atomic mass is 9.97. The van der Waals surface area contributed by atoms with Gasteiger partial charge in [-0.1, -0.05) is 35.3 Å². The number of nitrogens with zero attached hydrogens (tertiary/aromatic N) is 5. The topological polar surface area (TPSA) is 85.2 Å². The van der Waals surface area contributed by atoms with E-state index in [-0.39, 0.29) is 6.09 Å². The number of nitrogens with one attached hydrogen (secondary N) is 1. The molecule has 3 heterocycles. The highest BCUT2D eigenvalue weighted by Crippen LogP contribution is 2.34. The smallest absolute Gasteiger partial charge is 0.410 e. The van der Waals surface area contributed by atoms with Gasteiger partial charge in [0, 0.05) is 35.9 Å². The zero-order chi connectivity index (χ0) is 26.9. The first-order chi connectivity index (χ1) is 18.2. The fourth-order valence-corrected chi connectivity index (χ4v) is 4.91. The lowest BCUT2D eigenvalue weighted by Gasteiger charge is -2.33. The van der Waals surface area contributed by atoms with Crippen molar-refractivity contribution in [1.29, 1.82) is 0 Å². The van der Waals surface area contributed by atoms with E-state index in [9.17, 15) is 4.79 Å². The number of hydrogen-bond acceptors (Lipinski definition) is 6. The van der Waals surface area contributed by atoms with Crippen LogP contribution in [0.4, 0.5) is 10.6 Å². The van der Waals surface area contributed by atoms with Crippen LogP contribution in [0, 0.1) is 5.92 Å². The summed E-state index contributed by atoms with van der Waals surface area (Å²) in [7, 11) is 0. The minimum Gasteiger partial charge on any atom is -0.444 e. The Balaban J connectivity index is 1.39. The molecule has 0 saturated carbocycles. The van der Waals surface area contributed by atoms with Crippen molar-refractivity contribution in [2.24, 2.45) is 5.92 Å². The van der Waals surface area contributed by atoms with Crippen molar-refractivity contribution in [3.63, 3.8) is 0 Å². The maximum Gasteiger partial charge on any atom is 0.410 e. The first-order valence-electron chi connectivity index (χ1n) is 12.7. The Morgan fingerprint density at radius 3 is 2.45 bits per heavy atom. The van der Waals surface area contributed by atoms with Gasteiger partial charge in [-0.25, -0.2) is 19.7 Å². The Bertz CT molecular complexity index is 1440. The summed E-state index contributed by atoms with van der Waals surface area (Å²) in [5.41, 5.74) is 2.49. The number of carbonyl (C=O) groups is 1. The molecule has 1 N–H and O–H groups in total. The van der Waals surface area contributed by atoms with Gasteiger partial charge in [0.05, 0.1) is 5.02 Å². The standard InChI is InChI=1S/C28H30Cl2N6O2/c1-28(2,3)38-27(37)35-14-12-18(13-15-35)16-31-24-23-26(33-17-32-24)36(20-10-8-19(29)9-11-20)25(34-23)21-6-4-5-7-22(21)30/h4-11,17-18H,12-16H2,1-3H3,(H,31,32,33). The van der Waals surface area contributed by atoms with Crippen LogP contribution in [0.2, 0.25) is 10.0 Å². The van der Waals surface area contributed by atoms with Gasteiger partial charge in [-0.15, -0.1) is 0 Å². The molecule has 0 spiro atoms. The summed E-state index contributed by atoms with van der Waals surface area (Å²) >= 11 is 12.7. The van der Waals surface area contributed by atoms with Gasteiger partial charge in [0.25, 0.3) is 0 Å². The molecule has 0 radical (unpaired) electrons. The minimum atomic E-state index is -0.494.